The number of carbonyl (C=O) groups is 1. The van der Waals surface area contributed by atoms with Gasteiger partial charge >= 0.3 is 5.97 Å². The van der Waals surface area contributed by atoms with Crippen molar-refractivity contribution in [3.05, 3.63) is 35.9 Å². The predicted octanol–water partition coefficient (Wildman–Crippen LogP) is 7.29. The van der Waals surface area contributed by atoms with Crippen molar-refractivity contribution in [1.82, 2.24) is 0 Å². The molecule has 0 spiro atoms. The number of hydrogen-bond donors (Lipinski definition) is 0. The number of nitrogens with zero attached hydrogens (tertiary/aromatic N) is 1. The van der Waals surface area contributed by atoms with Gasteiger partial charge in [-0.2, -0.15) is 0 Å². The Morgan fingerprint density at radius 2 is 1.33 bits per heavy atom. The van der Waals surface area contributed by atoms with Gasteiger partial charge < -0.3 is 9.22 Å². The molecular weight excluding hydrogens is 370 g/mol. The van der Waals surface area contributed by atoms with Crippen LogP contribution in [0.1, 0.15) is 103 Å². The minimum atomic E-state index is -0.0866. The molecule has 1 rings (SSSR count). The fourth-order valence-corrected chi connectivity index (χ4v) is 4.19. The molecule has 0 radical (unpaired) electrons. The molecule has 3 nitrogen and oxygen atoms in total. The maximum atomic E-state index is 13.0. The summed E-state index contributed by atoms with van der Waals surface area (Å²) in [6.45, 7) is 5.89. The average Bonchev–Trinajstić information content (AvgIpc) is 2.72. The van der Waals surface area contributed by atoms with E-state index in [1.54, 1.807) is 0 Å². The van der Waals surface area contributed by atoms with Crippen molar-refractivity contribution in [1.29, 1.82) is 0 Å². The first-order chi connectivity index (χ1) is 14.5. The quantitative estimate of drug-likeness (QED) is 0.142. The first-order valence-corrected chi connectivity index (χ1v) is 12.5. The number of benzene rings is 1. The van der Waals surface area contributed by atoms with Gasteiger partial charge in [-0.25, -0.2) is 4.79 Å². The van der Waals surface area contributed by atoms with Crippen molar-refractivity contribution >= 4 is 5.97 Å². The lowest BCUT2D eigenvalue weighted by atomic mass is 10.0. The molecule has 0 saturated heterocycles. The molecular formula is C27H48NO2+. The van der Waals surface area contributed by atoms with E-state index >= 15 is 0 Å². The average molecular weight is 419 g/mol. The van der Waals surface area contributed by atoms with Gasteiger partial charge in [-0.05, 0) is 12.8 Å². The Bertz CT molecular complexity index is 541. The van der Waals surface area contributed by atoms with Crippen molar-refractivity contribution < 1.29 is 14.0 Å². The SMILES string of the molecule is CCCCCCCCCC[C@H](C(=O)OCCCCCC)[N+](C)(C)Cc1ccccc1. The Labute approximate surface area is 186 Å². The highest BCUT2D eigenvalue weighted by Crippen LogP contribution is 2.21. The zero-order chi connectivity index (χ0) is 22.1. The van der Waals surface area contributed by atoms with Gasteiger partial charge in [0, 0.05) is 12.0 Å². The van der Waals surface area contributed by atoms with Crippen molar-refractivity contribution in [2.24, 2.45) is 0 Å². The number of quaternary nitrogens is 1. The Balaban J connectivity index is 2.56. The van der Waals surface area contributed by atoms with E-state index in [1.807, 2.05) is 6.07 Å². The third-order valence-electron chi connectivity index (χ3n) is 6.12. The number of ether oxygens (including phenoxy) is 1. The molecule has 1 aromatic rings. The van der Waals surface area contributed by atoms with Gasteiger partial charge in [-0.15, -0.1) is 0 Å². The second-order valence-corrected chi connectivity index (χ2v) is 9.43. The molecule has 0 aliphatic rings. The van der Waals surface area contributed by atoms with E-state index in [0.29, 0.717) is 11.1 Å². The number of rotatable bonds is 18. The van der Waals surface area contributed by atoms with Crippen LogP contribution >= 0.6 is 0 Å². The molecule has 0 aromatic heterocycles. The van der Waals surface area contributed by atoms with E-state index in [0.717, 1.165) is 32.2 Å². The van der Waals surface area contributed by atoms with Crippen molar-refractivity contribution in [3.8, 4) is 0 Å². The summed E-state index contributed by atoms with van der Waals surface area (Å²) in [6, 6.07) is 10.4. The fraction of sp³-hybridized carbons (Fsp3) is 0.741. The summed E-state index contributed by atoms with van der Waals surface area (Å²) < 4.78 is 6.40. The third kappa shape index (κ3) is 11.7. The zero-order valence-corrected chi connectivity index (χ0v) is 20.3. The lowest BCUT2D eigenvalue weighted by Gasteiger charge is -2.36. The number of hydrogen-bond acceptors (Lipinski definition) is 2. The van der Waals surface area contributed by atoms with Gasteiger partial charge in [0.1, 0.15) is 6.54 Å². The highest BCUT2D eigenvalue weighted by molar-refractivity contribution is 5.74. The molecule has 0 heterocycles. The molecule has 0 amide bonds. The van der Waals surface area contributed by atoms with Crippen LogP contribution in [0, 0.1) is 0 Å². The minimum Gasteiger partial charge on any atom is -0.461 e. The van der Waals surface area contributed by atoms with E-state index < -0.39 is 0 Å². The van der Waals surface area contributed by atoms with Crippen LogP contribution in [-0.4, -0.2) is 37.2 Å². The van der Waals surface area contributed by atoms with E-state index in [-0.39, 0.29) is 12.0 Å². The molecule has 172 valence electrons. The summed E-state index contributed by atoms with van der Waals surface area (Å²) >= 11 is 0. The van der Waals surface area contributed by atoms with Gasteiger partial charge in [-0.3, -0.25) is 0 Å². The molecule has 0 bridgehead atoms. The second kappa shape index (κ2) is 16.4. The number of likely N-dealkylation sites (N-methyl/N-ethyl adjacent to an activating group) is 1. The van der Waals surface area contributed by atoms with E-state index in [9.17, 15) is 4.79 Å². The Morgan fingerprint density at radius 1 is 0.800 bits per heavy atom. The molecule has 0 saturated carbocycles. The predicted molar refractivity (Wildman–Crippen MR) is 128 cm³/mol. The van der Waals surface area contributed by atoms with Gasteiger partial charge in [-0.1, -0.05) is 108 Å². The van der Waals surface area contributed by atoms with Crippen molar-refractivity contribution in [2.45, 2.75) is 110 Å². The summed E-state index contributed by atoms with van der Waals surface area (Å²) in [5.74, 6) is -0.00428. The topological polar surface area (TPSA) is 26.3 Å². The Kier molecular flexibility index (Phi) is 14.5. The third-order valence-corrected chi connectivity index (χ3v) is 6.12. The highest BCUT2D eigenvalue weighted by Gasteiger charge is 2.35. The molecule has 0 aliphatic carbocycles. The summed E-state index contributed by atoms with van der Waals surface area (Å²) in [5, 5.41) is 0. The molecule has 1 aromatic carbocycles. The summed E-state index contributed by atoms with van der Waals surface area (Å²) in [7, 11) is 4.36. The lowest BCUT2D eigenvalue weighted by molar-refractivity contribution is -0.920. The number of unbranched alkanes of at least 4 members (excludes halogenated alkanes) is 10. The minimum absolute atomic E-state index is 0.00428. The van der Waals surface area contributed by atoms with Crippen molar-refractivity contribution in [3.63, 3.8) is 0 Å². The van der Waals surface area contributed by atoms with Crippen LogP contribution in [0.3, 0.4) is 0 Å². The first-order valence-electron chi connectivity index (χ1n) is 12.5. The largest absolute Gasteiger partial charge is 0.461 e. The van der Waals surface area contributed by atoms with Gasteiger partial charge in [0.25, 0.3) is 0 Å². The molecule has 0 N–H and O–H groups in total. The van der Waals surface area contributed by atoms with Crippen LogP contribution in [-0.2, 0) is 16.1 Å². The summed E-state index contributed by atoms with van der Waals surface area (Å²) in [4.78, 5) is 13.0. The normalized spacial score (nSPS) is 12.7. The van der Waals surface area contributed by atoms with Crippen LogP contribution < -0.4 is 0 Å². The van der Waals surface area contributed by atoms with Gasteiger partial charge in [0.15, 0.2) is 6.04 Å². The van der Waals surface area contributed by atoms with Gasteiger partial charge in [0.05, 0.1) is 20.7 Å². The standard InChI is InChI=1S/C27H48NO2/c1-5-7-9-11-12-13-14-18-22-26(27(29)30-23-19-10-8-6-2)28(3,4)24-25-20-16-15-17-21-25/h15-17,20-21,26H,5-14,18-19,22-24H2,1-4H3/q+1/t26-/m1/s1. The van der Waals surface area contributed by atoms with E-state index in [2.05, 4.69) is 52.2 Å². The molecule has 1 atom stereocenters. The summed E-state index contributed by atoms with van der Waals surface area (Å²) in [5.41, 5.74) is 1.28. The van der Waals surface area contributed by atoms with Crippen LogP contribution in [0.5, 0.6) is 0 Å². The van der Waals surface area contributed by atoms with Crippen LogP contribution in [0.25, 0.3) is 0 Å². The summed E-state index contributed by atoms with van der Waals surface area (Å²) in [6.07, 6.45) is 15.8. The monoisotopic (exact) mass is 418 g/mol. The van der Waals surface area contributed by atoms with Gasteiger partial charge in [0.2, 0.25) is 0 Å². The Hall–Kier alpha value is -1.35. The fourth-order valence-electron chi connectivity index (χ4n) is 4.19. The van der Waals surface area contributed by atoms with Crippen molar-refractivity contribution in [2.75, 3.05) is 20.7 Å². The first kappa shape index (κ1) is 26.7. The number of esters is 1. The lowest BCUT2D eigenvalue weighted by Crippen LogP contribution is -2.52. The molecule has 0 unspecified atom stereocenters. The highest BCUT2D eigenvalue weighted by atomic mass is 16.5. The smallest absolute Gasteiger partial charge is 0.364 e. The van der Waals surface area contributed by atoms with Crippen LogP contribution in [0.4, 0.5) is 0 Å². The maximum Gasteiger partial charge on any atom is 0.364 e. The molecule has 0 aliphatic heterocycles. The van der Waals surface area contributed by atoms with E-state index in [1.165, 1.54) is 63.4 Å². The Morgan fingerprint density at radius 3 is 1.93 bits per heavy atom. The molecule has 3 heteroatoms. The van der Waals surface area contributed by atoms with E-state index in [4.69, 9.17) is 4.74 Å². The zero-order valence-electron chi connectivity index (χ0n) is 20.3. The maximum absolute atomic E-state index is 13.0. The molecule has 30 heavy (non-hydrogen) atoms. The van der Waals surface area contributed by atoms with Crippen LogP contribution in [0.2, 0.25) is 0 Å². The van der Waals surface area contributed by atoms with Crippen LogP contribution in [0.15, 0.2) is 30.3 Å². The second-order valence-electron chi connectivity index (χ2n) is 9.43. The number of carbonyl (C=O) groups excluding carboxylic acids is 1. The molecule has 0 fully saturated rings.